The Morgan fingerprint density at radius 1 is 1.15 bits per heavy atom. The van der Waals surface area contributed by atoms with Crippen molar-refractivity contribution in [1.29, 1.82) is 0 Å². The van der Waals surface area contributed by atoms with Gasteiger partial charge < -0.3 is 15.7 Å². The van der Waals surface area contributed by atoms with Crippen LogP contribution in [0.25, 0.3) is 0 Å². The Morgan fingerprint density at radius 2 is 1.81 bits per heavy atom. The highest BCUT2D eigenvalue weighted by Crippen LogP contribution is 2.37. The van der Waals surface area contributed by atoms with E-state index in [4.69, 9.17) is 17.3 Å². The minimum atomic E-state index is -0.503. The predicted molar refractivity (Wildman–Crippen MR) is 115 cm³/mol. The van der Waals surface area contributed by atoms with E-state index in [1.165, 1.54) is 12.0 Å². The maximum Gasteiger partial charge on any atom is 0.0654 e. The topological polar surface area (TPSA) is 49.5 Å². The van der Waals surface area contributed by atoms with Crippen LogP contribution in [0, 0.1) is 0 Å². The minimum Gasteiger partial charge on any atom is -0.390 e. The van der Waals surface area contributed by atoms with Gasteiger partial charge in [0, 0.05) is 17.6 Å². The van der Waals surface area contributed by atoms with Gasteiger partial charge in [0.05, 0.1) is 5.60 Å². The average molecular weight is 424 g/mol. The molecule has 1 saturated heterocycles. The number of piperidine rings is 1. The van der Waals surface area contributed by atoms with Crippen molar-refractivity contribution in [2.45, 2.75) is 68.9 Å². The van der Waals surface area contributed by atoms with Crippen molar-refractivity contribution in [3.63, 3.8) is 0 Å². The van der Waals surface area contributed by atoms with Gasteiger partial charge in [-0.05, 0) is 68.8 Å². The first-order chi connectivity index (χ1) is 11.5. The highest BCUT2D eigenvalue weighted by Gasteiger charge is 2.33. The smallest absolute Gasteiger partial charge is 0.0654 e. The van der Waals surface area contributed by atoms with Gasteiger partial charge in [-0.25, -0.2) is 0 Å². The quantitative estimate of drug-likeness (QED) is 0.716. The van der Waals surface area contributed by atoms with Crippen LogP contribution in [0.5, 0.6) is 0 Å². The van der Waals surface area contributed by atoms with Crippen LogP contribution >= 0.6 is 36.4 Å². The van der Waals surface area contributed by atoms with Gasteiger partial charge in [-0.15, -0.1) is 24.8 Å². The van der Waals surface area contributed by atoms with Crippen LogP contribution in [0.1, 0.15) is 62.8 Å². The molecule has 150 valence electrons. The summed E-state index contributed by atoms with van der Waals surface area (Å²) in [6.07, 6.45) is 8.43. The Hall–Kier alpha value is -0.0300. The number of hydrogen-bond donors (Lipinski definition) is 2. The summed E-state index contributed by atoms with van der Waals surface area (Å²) in [4.78, 5) is 2.51. The molecule has 0 bridgehead atoms. The lowest BCUT2D eigenvalue weighted by molar-refractivity contribution is -0.0131. The lowest BCUT2D eigenvalue weighted by atomic mass is 9.76. The van der Waals surface area contributed by atoms with E-state index in [2.05, 4.69) is 17.0 Å². The zero-order valence-electron chi connectivity index (χ0n) is 15.4. The summed E-state index contributed by atoms with van der Waals surface area (Å²) >= 11 is 6.24. The number of halogens is 3. The minimum absolute atomic E-state index is 0. The van der Waals surface area contributed by atoms with Gasteiger partial charge in [0.1, 0.15) is 0 Å². The van der Waals surface area contributed by atoms with E-state index in [-0.39, 0.29) is 24.8 Å². The molecular weight excluding hydrogens is 391 g/mol. The van der Waals surface area contributed by atoms with Gasteiger partial charge in [-0.2, -0.15) is 0 Å². The van der Waals surface area contributed by atoms with E-state index in [0.29, 0.717) is 12.0 Å². The number of rotatable bonds is 5. The Morgan fingerprint density at radius 3 is 2.42 bits per heavy atom. The molecule has 3 N–H and O–H groups in total. The molecular formula is C20H33Cl3N2O. The fourth-order valence-electron chi connectivity index (χ4n) is 4.37. The monoisotopic (exact) mass is 422 g/mol. The van der Waals surface area contributed by atoms with Crippen LogP contribution in [0.4, 0.5) is 0 Å². The molecule has 0 radical (unpaired) electrons. The van der Waals surface area contributed by atoms with Crippen LogP contribution in [0.3, 0.4) is 0 Å². The molecule has 3 rings (SSSR count). The zero-order chi connectivity index (χ0) is 17.0. The van der Waals surface area contributed by atoms with Crippen molar-refractivity contribution in [3.8, 4) is 0 Å². The Kier molecular flexibility index (Phi) is 10.2. The van der Waals surface area contributed by atoms with Crippen molar-refractivity contribution in [2.75, 3.05) is 19.6 Å². The lowest BCUT2D eigenvalue weighted by Gasteiger charge is -2.38. The molecule has 0 amide bonds. The Bertz CT molecular complexity index is 530. The summed E-state index contributed by atoms with van der Waals surface area (Å²) in [7, 11) is 0. The molecule has 1 aliphatic heterocycles. The first-order valence-corrected chi connectivity index (χ1v) is 9.88. The van der Waals surface area contributed by atoms with Gasteiger partial charge in [0.25, 0.3) is 0 Å². The summed E-state index contributed by atoms with van der Waals surface area (Å²) in [6, 6.07) is 8.55. The van der Waals surface area contributed by atoms with Gasteiger partial charge in [0.15, 0.2) is 0 Å². The Labute approximate surface area is 175 Å². The van der Waals surface area contributed by atoms with Crippen LogP contribution in [-0.2, 0) is 0 Å². The number of nitrogens with two attached hydrogens (primary N) is 1. The van der Waals surface area contributed by atoms with E-state index < -0.39 is 5.60 Å². The second-order valence-corrected chi connectivity index (χ2v) is 8.32. The number of likely N-dealkylation sites (tertiary alicyclic amines) is 1. The van der Waals surface area contributed by atoms with Gasteiger partial charge in [-0.3, -0.25) is 0 Å². The second-order valence-electron chi connectivity index (χ2n) is 7.88. The van der Waals surface area contributed by atoms with E-state index in [1.54, 1.807) is 0 Å². The van der Waals surface area contributed by atoms with Crippen molar-refractivity contribution in [2.24, 2.45) is 5.73 Å². The van der Waals surface area contributed by atoms with Crippen molar-refractivity contribution < 1.29 is 5.11 Å². The maximum atomic E-state index is 11.1. The maximum absolute atomic E-state index is 11.1. The highest BCUT2D eigenvalue weighted by atomic mass is 35.5. The summed E-state index contributed by atoms with van der Waals surface area (Å²) in [5.74, 6) is 0.334. The average Bonchev–Trinajstić information content (AvgIpc) is 2.57. The van der Waals surface area contributed by atoms with E-state index in [1.807, 2.05) is 12.1 Å². The lowest BCUT2D eigenvalue weighted by Crippen LogP contribution is -2.43. The molecule has 1 aromatic carbocycles. The molecule has 0 spiro atoms. The molecule has 3 nitrogen and oxygen atoms in total. The fraction of sp³-hybridized carbons (Fsp3) is 0.700. The fourth-order valence-corrected chi connectivity index (χ4v) is 4.57. The molecule has 6 heteroatoms. The van der Waals surface area contributed by atoms with Crippen LogP contribution in [0.15, 0.2) is 24.3 Å². The third-order valence-electron chi connectivity index (χ3n) is 5.84. The van der Waals surface area contributed by atoms with Crippen LogP contribution in [0.2, 0.25) is 5.02 Å². The molecule has 1 heterocycles. The van der Waals surface area contributed by atoms with E-state index in [0.717, 1.165) is 69.6 Å². The normalized spacial score (nSPS) is 22.1. The molecule has 0 aromatic heterocycles. The summed E-state index contributed by atoms with van der Waals surface area (Å²) in [6.45, 7) is 3.13. The largest absolute Gasteiger partial charge is 0.390 e. The standard InChI is InChI=1S/C20H31ClN2O.2ClH/c21-18-6-4-5-16(13-18)17(14-20(24)9-2-1-3-10-20)15-23-11-7-19(22)8-12-23;;/h4-6,13,17,19,24H,1-3,7-12,14-15,22H2;2*1H. The van der Waals surface area contributed by atoms with Crippen molar-refractivity contribution in [3.05, 3.63) is 34.9 Å². The molecule has 2 aliphatic rings. The molecule has 2 fully saturated rings. The first kappa shape index (κ1) is 24.0. The highest BCUT2D eigenvalue weighted by molar-refractivity contribution is 6.30. The van der Waals surface area contributed by atoms with Crippen LogP contribution < -0.4 is 5.73 Å². The van der Waals surface area contributed by atoms with Gasteiger partial charge in [-0.1, -0.05) is 43.0 Å². The van der Waals surface area contributed by atoms with E-state index >= 15 is 0 Å². The van der Waals surface area contributed by atoms with Crippen LogP contribution in [-0.4, -0.2) is 41.3 Å². The zero-order valence-corrected chi connectivity index (χ0v) is 17.8. The third-order valence-corrected chi connectivity index (χ3v) is 6.08. The number of hydrogen-bond acceptors (Lipinski definition) is 3. The molecule has 1 saturated carbocycles. The summed E-state index contributed by atoms with van der Waals surface area (Å²) in [5, 5.41) is 11.9. The second kappa shape index (κ2) is 11.1. The SMILES string of the molecule is Cl.Cl.NC1CCN(CC(CC2(O)CCCCC2)c2cccc(Cl)c2)CC1. The molecule has 1 aromatic rings. The van der Waals surface area contributed by atoms with E-state index in [9.17, 15) is 5.11 Å². The molecule has 1 atom stereocenters. The Balaban J connectivity index is 0.00000169. The molecule has 26 heavy (non-hydrogen) atoms. The predicted octanol–water partition coefficient (Wildman–Crippen LogP) is 4.78. The van der Waals surface area contributed by atoms with Gasteiger partial charge >= 0.3 is 0 Å². The van der Waals surface area contributed by atoms with Gasteiger partial charge in [0.2, 0.25) is 0 Å². The number of nitrogens with zero attached hydrogens (tertiary/aromatic N) is 1. The molecule has 1 aliphatic carbocycles. The van der Waals surface area contributed by atoms with Crippen molar-refractivity contribution >= 4 is 36.4 Å². The van der Waals surface area contributed by atoms with Crippen molar-refractivity contribution in [1.82, 2.24) is 4.90 Å². The first-order valence-electron chi connectivity index (χ1n) is 9.50. The summed E-state index contributed by atoms with van der Waals surface area (Å²) < 4.78 is 0. The molecule has 1 unspecified atom stereocenters. The summed E-state index contributed by atoms with van der Waals surface area (Å²) in [5.41, 5.74) is 6.80. The number of aliphatic hydroxyl groups is 1. The third kappa shape index (κ3) is 6.85. The number of benzene rings is 1.